The molecule has 0 atom stereocenters. The molecule has 0 spiro atoms. The van der Waals surface area contributed by atoms with Crippen molar-refractivity contribution in [3.8, 4) is 0 Å². The predicted octanol–water partition coefficient (Wildman–Crippen LogP) is 3.08. The molecule has 1 heterocycles. The fourth-order valence-electron chi connectivity index (χ4n) is 1.42. The molecule has 2 rings (SSSR count). The second-order valence-electron chi connectivity index (χ2n) is 3.14. The number of aryl methyl sites for hydroxylation is 1. The first-order valence-electron chi connectivity index (χ1n) is 4.44. The summed E-state index contributed by atoms with van der Waals surface area (Å²) < 4.78 is 26.1. The smallest absolute Gasteiger partial charge is 0.135 e. The number of aromatic nitrogens is 1. The zero-order chi connectivity index (χ0) is 10.1. The van der Waals surface area contributed by atoms with E-state index in [1.807, 2.05) is 6.92 Å². The first-order valence-corrected chi connectivity index (χ1v) is 4.44. The molecule has 0 saturated heterocycles. The summed E-state index contributed by atoms with van der Waals surface area (Å²) in [7, 11) is 0. The average Bonchev–Trinajstić information content (AvgIpc) is 2.16. The van der Waals surface area contributed by atoms with Gasteiger partial charge in [-0.15, -0.1) is 0 Å². The Kier molecular flexibility index (Phi) is 2.15. The number of hydrogen-bond donors (Lipinski definition) is 0. The van der Waals surface area contributed by atoms with Crippen LogP contribution in [0.5, 0.6) is 0 Å². The van der Waals surface area contributed by atoms with Gasteiger partial charge >= 0.3 is 0 Å². The van der Waals surface area contributed by atoms with E-state index < -0.39 is 11.6 Å². The number of rotatable bonds is 1. The molecule has 0 amide bonds. The van der Waals surface area contributed by atoms with E-state index in [-0.39, 0.29) is 0 Å². The van der Waals surface area contributed by atoms with Crippen LogP contribution >= 0.6 is 0 Å². The Balaban J connectivity index is 2.75. The average molecular weight is 193 g/mol. The molecule has 1 nitrogen and oxygen atoms in total. The van der Waals surface area contributed by atoms with Crippen molar-refractivity contribution in [2.24, 2.45) is 0 Å². The van der Waals surface area contributed by atoms with Crippen molar-refractivity contribution in [3.63, 3.8) is 0 Å². The van der Waals surface area contributed by atoms with Crippen LogP contribution in [0.15, 0.2) is 24.4 Å². The van der Waals surface area contributed by atoms with Crippen molar-refractivity contribution < 1.29 is 8.78 Å². The van der Waals surface area contributed by atoms with Gasteiger partial charge in [-0.1, -0.05) is 6.92 Å². The minimum Gasteiger partial charge on any atom is -0.261 e. The summed E-state index contributed by atoms with van der Waals surface area (Å²) in [6.07, 6.45) is 2.21. The molecule has 3 heteroatoms. The first-order chi connectivity index (χ1) is 6.70. The van der Waals surface area contributed by atoms with E-state index in [1.165, 1.54) is 12.3 Å². The van der Waals surface area contributed by atoms with Gasteiger partial charge in [0.05, 0.1) is 0 Å². The summed E-state index contributed by atoms with van der Waals surface area (Å²) in [6, 6.07) is 3.90. The summed E-state index contributed by atoms with van der Waals surface area (Å²) in [5, 5.41) is 0.929. The molecule has 0 bridgehead atoms. The molecule has 0 unspecified atom stereocenters. The molecule has 0 aliphatic rings. The maximum absolute atomic E-state index is 13.2. The van der Waals surface area contributed by atoms with E-state index in [0.29, 0.717) is 10.8 Å². The number of fused-ring (bicyclic) bond motifs is 1. The summed E-state index contributed by atoms with van der Waals surface area (Å²) in [5.41, 5.74) is 0.836. The van der Waals surface area contributed by atoms with Crippen LogP contribution in [0, 0.1) is 11.6 Å². The van der Waals surface area contributed by atoms with Gasteiger partial charge in [-0.05, 0) is 23.9 Å². The summed E-state index contributed by atoms with van der Waals surface area (Å²) in [4.78, 5) is 4.05. The second kappa shape index (κ2) is 3.33. The van der Waals surface area contributed by atoms with Crippen LogP contribution in [-0.4, -0.2) is 4.98 Å². The van der Waals surface area contributed by atoms with Gasteiger partial charge in [0.2, 0.25) is 0 Å². The van der Waals surface area contributed by atoms with Gasteiger partial charge in [0.15, 0.2) is 0 Å². The van der Waals surface area contributed by atoms with Gasteiger partial charge < -0.3 is 0 Å². The van der Waals surface area contributed by atoms with Crippen LogP contribution < -0.4 is 0 Å². The van der Waals surface area contributed by atoms with Crippen molar-refractivity contribution in [1.82, 2.24) is 4.98 Å². The summed E-state index contributed by atoms with van der Waals surface area (Å²) in [6.45, 7) is 1.95. The zero-order valence-electron chi connectivity index (χ0n) is 7.72. The van der Waals surface area contributed by atoms with Crippen LogP contribution in [0.1, 0.15) is 12.6 Å². The topological polar surface area (TPSA) is 12.9 Å². The normalized spacial score (nSPS) is 10.8. The van der Waals surface area contributed by atoms with Crippen LogP contribution in [0.3, 0.4) is 0 Å². The lowest BCUT2D eigenvalue weighted by Gasteiger charge is -2.01. The lowest BCUT2D eigenvalue weighted by Crippen LogP contribution is -1.89. The minimum atomic E-state index is -0.560. The van der Waals surface area contributed by atoms with Gasteiger partial charge in [-0.25, -0.2) is 8.78 Å². The number of nitrogens with zero attached hydrogens (tertiary/aromatic N) is 1. The fraction of sp³-hybridized carbons (Fsp3) is 0.182. The Morgan fingerprint density at radius 1 is 1.21 bits per heavy atom. The van der Waals surface area contributed by atoms with E-state index >= 15 is 0 Å². The molecule has 1 aromatic carbocycles. The fourth-order valence-corrected chi connectivity index (χ4v) is 1.42. The largest absolute Gasteiger partial charge is 0.261 e. The molecule has 14 heavy (non-hydrogen) atoms. The Hall–Kier alpha value is -1.51. The summed E-state index contributed by atoms with van der Waals surface area (Å²) >= 11 is 0. The van der Waals surface area contributed by atoms with Gasteiger partial charge in [-0.2, -0.15) is 0 Å². The van der Waals surface area contributed by atoms with Crippen molar-refractivity contribution >= 4 is 10.8 Å². The maximum Gasteiger partial charge on any atom is 0.135 e. The molecule has 0 fully saturated rings. The van der Waals surface area contributed by atoms with Crippen molar-refractivity contribution in [2.45, 2.75) is 13.3 Å². The summed E-state index contributed by atoms with van der Waals surface area (Å²) in [5.74, 6) is -1.11. The molecule has 72 valence electrons. The number of hydrogen-bond acceptors (Lipinski definition) is 1. The molecular formula is C11H9F2N. The molecule has 0 saturated carbocycles. The first kappa shape index (κ1) is 9.06. The molecule has 1 aromatic heterocycles. The van der Waals surface area contributed by atoms with Crippen LogP contribution in [-0.2, 0) is 6.42 Å². The highest BCUT2D eigenvalue weighted by Gasteiger charge is 2.04. The molecule has 0 radical (unpaired) electrons. The molecule has 2 aromatic rings. The van der Waals surface area contributed by atoms with Gasteiger partial charge in [0.25, 0.3) is 0 Å². The number of halogens is 2. The number of pyridine rings is 1. The SMILES string of the molecule is CCc1cc2cc(F)cc(F)c2cn1. The second-order valence-corrected chi connectivity index (χ2v) is 3.14. The third-order valence-corrected chi connectivity index (χ3v) is 2.17. The molecule has 0 N–H and O–H groups in total. The van der Waals surface area contributed by atoms with Gasteiger partial charge in [0.1, 0.15) is 11.6 Å². The molecule has 0 aliphatic heterocycles. The maximum atomic E-state index is 13.2. The number of benzene rings is 1. The molecular weight excluding hydrogens is 184 g/mol. The van der Waals surface area contributed by atoms with E-state index in [1.54, 1.807) is 6.07 Å². The van der Waals surface area contributed by atoms with E-state index in [4.69, 9.17) is 0 Å². The van der Waals surface area contributed by atoms with Gasteiger partial charge in [-0.3, -0.25) is 4.98 Å². The van der Waals surface area contributed by atoms with Gasteiger partial charge in [0, 0.05) is 23.3 Å². The Labute approximate surface area is 80.4 Å². The third-order valence-electron chi connectivity index (χ3n) is 2.17. The van der Waals surface area contributed by atoms with Crippen LogP contribution in [0.2, 0.25) is 0 Å². The lowest BCUT2D eigenvalue weighted by atomic mass is 10.1. The van der Waals surface area contributed by atoms with E-state index in [9.17, 15) is 8.78 Å². The van der Waals surface area contributed by atoms with E-state index in [0.717, 1.165) is 18.2 Å². The monoisotopic (exact) mass is 193 g/mol. The van der Waals surface area contributed by atoms with Crippen molar-refractivity contribution in [2.75, 3.05) is 0 Å². The predicted molar refractivity (Wildman–Crippen MR) is 51.0 cm³/mol. The van der Waals surface area contributed by atoms with Crippen LogP contribution in [0.4, 0.5) is 8.78 Å². The van der Waals surface area contributed by atoms with E-state index in [2.05, 4.69) is 4.98 Å². The lowest BCUT2D eigenvalue weighted by molar-refractivity contribution is 0.592. The Morgan fingerprint density at radius 2 is 2.00 bits per heavy atom. The Morgan fingerprint density at radius 3 is 2.71 bits per heavy atom. The minimum absolute atomic E-state index is 0.364. The molecule has 0 aliphatic carbocycles. The highest BCUT2D eigenvalue weighted by molar-refractivity contribution is 5.82. The standard InChI is InChI=1S/C11H9F2N/c1-2-9-4-7-3-8(12)5-11(13)10(7)6-14-9/h3-6H,2H2,1H3. The van der Waals surface area contributed by atoms with Crippen molar-refractivity contribution in [3.05, 3.63) is 41.7 Å². The van der Waals surface area contributed by atoms with Crippen molar-refractivity contribution in [1.29, 1.82) is 0 Å². The third kappa shape index (κ3) is 1.45. The Bertz CT molecular complexity index is 480. The highest BCUT2D eigenvalue weighted by Crippen LogP contribution is 2.19. The van der Waals surface area contributed by atoms with Crippen LogP contribution in [0.25, 0.3) is 10.8 Å². The zero-order valence-corrected chi connectivity index (χ0v) is 7.72. The quantitative estimate of drug-likeness (QED) is 0.678. The highest BCUT2D eigenvalue weighted by atomic mass is 19.1.